The summed E-state index contributed by atoms with van der Waals surface area (Å²) in [7, 11) is 1.52. The van der Waals surface area contributed by atoms with E-state index in [-0.39, 0.29) is 24.2 Å². The van der Waals surface area contributed by atoms with Crippen molar-refractivity contribution >= 4 is 29.3 Å². The number of thioether (sulfide) groups is 1. The first-order chi connectivity index (χ1) is 14.1. The maximum Gasteiger partial charge on any atom is 0.395 e. The van der Waals surface area contributed by atoms with E-state index in [1.165, 1.54) is 31.0 Å². The molecule has 2 aromatic rings. The molecule has 0 aliphatic carbocycles. The van der Waals surface area contributed by atoms with Gasteiger partial charge in [-0.25, -0.2) is 0 Å². The smallest absolute Gasteiger partial charge is 0.395 e. The average molecular weight is 462 g/mol. The maximum absolute atomic E-state index is 13.6. The summed E-state index contributed by atoms with van der Waals surface area (Å²) >= 11 is 7.52. The molecule has 0 saturated carbocycles. The van der Waals surface area contributed by atoms with Crippen molar-refractivity contribution in [3.05, 3.63) is 53.1 Å². The molecule has 3 N–H and O–H groups in total. The molecule has 0 radical (unpaired) electrons. The molecule has 0 heterocycles. The summed E-state index contributed by atoms with van der Waals surface area (Å²) < 4.78 is 45.8. The van der Waals surface area contributed by atoms with Crippen LogP contribution in [0.2, 0.25) is 5.02 Å². The fourth-order valence-electron chi connectivity index (χ4n) is 2.91. The molecule has 30 heavy (non-hydrogen) atoms. The van der Waals surface area contributed by atoms with E-state index in [1.807, 2.05) is 0 Å². The number of nitrogens with two attached hydrogens (primary N) is 1. The number of carboxylic acid groups (broad SMARTS) is 1. The molecule has 2 unspecified atom stereocenters. The molecule has 164 valence electrons. The zero-order chi connectivity index (χ0) is 22.3. The predicted octanol–water partition coefficient (Wildman–Crippen LogP) is 5.59. The molecular weight excluding hydrogens is 439 g/mol. The highest BCUT2D eigenvalue weighted by Crippen LogP contribution is 2.39. The Balaban J connectivity index is 2.05. The Kier molecular flexibility index (Phi) is 8.88. The number of rotatable bonds is 10. The van der Waals surface area contributed by atoms with Gasteiger partial charge >= 0.3 is 12.1 Å². The molecule has 0 spiro atoms. The molecule has 0 bridgehead atoms. The van der Waals surface area contributed by atoms with Gasteiger partial charge in [-0.3, -0.25) is 4.79 Å². The SMILES string of the molecule is COc1ccc(-c2ccc(C(CCSCCC(N)C(=O)O)C(F)(F)F)cc2)c(Cl)c1. The number of methoxy groups -OCH3 is 1. The molecule has 0 aliphatic heterocycles. The van der Waals surface area contributed by atoms with Crippen LogP contribution in [0.4, 0.5) is 13.2 Å². The second-order valence-electron chi connectivity index (χ2n) is 6.70. The maximum atomic E-state index is 13.6. The molecule has 0 amide bonds. The molecule has 0 aromatic heterocycles. The van der Waals surface area contributed by atoms with Crippen molar-refractivity contribution in [3.8, 4) is 16.9 Å². The molecule has 2 rings (SSSR count). The number of hydrogen-bond donors (Lipinski definition) is 2. The van der Waals surface area contributed by atoms with Crippen molar-refractivity contribution in [1.82, 2.24) is 0 Å². The van der Waals surface area contributed by atoms with E-state index in [9.17, 15) is 18.0 Å². The topological polar surface area (TPSA) is 72.5 Å². The fourth-order valence-corrected chi connectivity index (χ4v) is 4.21. The molecule has 0 aliphatic rings. The van der Waals surface area contributed by atoms with Crippen molar-refractivity contribution in [2.24, 2.45) is 5.73 Å². The minimum absolute atomic E-state index is 0.0981. The van der Waals surface area contributed by atoms with E-state index in [4.69, 9.17) is 27.2 Å². The quantitative estimate of drug-likeness (QED) is 0.451. The van der Waals surface area contributed by atoms with Gasteiger partial charge in [0.25, 0.3) is 0 Å². The molecule has 4 nitrogen and oxygen atoms in total. The van der Waals surface area contributed by atoms with Gasteiger partial charge in [-0.05, 0) is 53.7 Å². The highest BCUT2D eigenvalue weighted by molar-refractivity contribution is 7.99. The van der Waals surface area contributed by atoms with E-state index in [0.717, 1.165) is 0 Å². The summed E-state index contributed by atoms with van der Waals surface area (Å²) in [4.78, 5) is 10.7. The van der Waals surface area contributed by atoms with Gasteiger partial charge in [0.05, 0.1) is 18.1 Å². The standard InChI is InChI=1S/C21H23ClF3NO3S/c1-29-15-6-7-16(18(22)12-15)13-2-4-14(5-3-13)17(21(23,24)25)8-10-30-11-9-19(26)20(27)28/h2-7,12,17,19H,8-11,26H2,1H3,(H,27,28). The molecule has 0 saturated heterocycles. The van der Waals surface area contributed by atoms with Crippen LogP contribution in [-0.2, 0) is 4.79 Å². The minimum Gasteiger partial charge on any atom is -0.497 e. The van der Waals surface area contributed by atoms with Gasteiger partial charge in [0.1, 0.15) is 11.8 Å². The van der Waals surface area contributed by atoms with Gasteiger partial charge in [-0.15, -0.1) is 0 Å². The second-order valence-corrected chi connectivity index (χ2v) is 8.33. The summed E-state index contributed by atoms with van der Waals surface area (Å²) in [6, 6.07) is 10.3. The average Bonchev–Trinajstić information content (AvgIpc) is 2.69. The number of benzene rings is 2. The Bertz CT molecular complexity index is 846. The van der Waals surface area contributed by atoms with E-state index in [2.05, 4.69) is 0 Å². The molecule has 9 heteroatoms. The number of alkyl halides is 3. The first-order valence-electron chi connectivity index (χ1n) is 9.20. The molecule has 2 atom stereocenters. The Morgan fingerprint density at radius 1 is 1.17 bits per heavy atom. The number of carboxylic acids is 1. The van der Waals surface area contributed by atoms with Gasteiger partial charge in [-0.1, -0.05) is 35.9 Å². The monoisotopic (exact) mass is 461 g/mol. The van der Waals surface area contributed by atoms with Crippen LogP contribution in [0.25, 0.3) is 11.1 Å². The summed E-state index contributed by atoms with van der Waals surface area (Å²) in [5.41, 5.74) is 7.00. The van der Waals surface area contributed by atoms with Crippen molar-refractivity contribution in [1.29, 1.82) is 0 Å². The number of halogens is 4. The van der Waals surface area contributed by atoms with Gasteiger partial charge in [0, 0.05) is 5.56 Å². The van der Waals surface area contributed by atoms with Crippen LogP contribution in [0.3, 0.4) is 0 Å². The Morgan fingerprint density at radius 3 is 2.33 bits per heavy atom. The van der Waals surface area contributed by atoms with Crippen molar-refractivity contribution in [2.45, 2.75) is 31.0 Å². The van der Waals surface area contributed by atoms with Crippen molar-refractivity contribution in [3.63, 3.8) is 0 Å². The number of carbonyl (C=O) groups is 1. The lowest BCUT2D eigenvalue weighted by atomic mass is 9.93. The lowest BCUT2D eigenvalue weighted by Gasteiger charge is -2.21. The highest BCUT2D eigenvalue weighted by Gasteiger charge is 2.40. The predicted molar refractivity (Wildman–Crippen MR) is 114 cm³/mol. The Hall–Kier alpha value is -1.90. The fraction of sp³-hybridized carbons (Fsp3) is 0.381. The summed E-state index contributed by atoms with van der Waals surface area (Å²) in [5, 5.41) is 9.18. The van der Waals surface area contributed by atoms with Crippen LogP contribution in [0.5, 0.6) is 5.75 Å². The van der Waals surface area contributed by atoms with Crippen LogP contribution < -0.4 is 10.5 Å². The van der Waals surface area contributed by atoms with Crippen LogP contribution >= 0.6 is 23.4 Å². The number of ether oxygens (including phenoxy) is 1. The Labute approximate surface area is 182 Å². The number of aliphatic carboxylic acids is 1. The normalized spacial score (nSPS) is 13.7. The van der Waals surface area contributed by atoms with E-state index >= 15 is 0 Å². The summed E-state index contributed by atoms with van der Waals surface area (Å²) in [5.74, 6) is -1.46. The van der Waals surface area contributed by atoms with Crippen LogP contribution in [0, 0.1) is 0 Å². The van der Waals surface area contributed by atoms with Crippen LogP contribution in [0.15, 0.2) is 42.5 Å². The number of hydrogen-bond acceptors (Lipinski definition) is 4. The van der Waals surface area contributed by atoms with E-state index in [1.54, 1.807) is 30.3 Å². The molecule has 0 fully saturated rings. The largest absolute Gasteiger partial charge is 0.497 e. The zero-order valence-electron chi connectivity index (χ0n) is 16.3. The second kappa shape index (κ2) is 10.9. The Morgan fingerprint density at radius 2 is 1.80 bits per heavy atom. The minimum atomic E-state index is -4.38. The van der Waals surface area contributed by atoms with E-state index in [0.29, 0.717) is 27.7 Å². The first kappa shape index (κ1) is 24.4. The van der Waals surface area contributed by atoms with Gasteiger partial charge in [0.15, 0.2) is 0 Å². The third-order valence-electron chi connectivity index (χ3n) is 4.64. The van der Waals surface area contributed by atoms with Crippen LogP contribution in [0.1, 0.15) is 24.3 Å². The van der Waals surface area contributed by atoms with Gasteiger partial charge in [-0.2, -0.15) is 24.9 Å². The molecule has 2 aromatic carbocycles. The third-order valence-corrected chi connectivity index (χ3v) is 6.00. The van der Waals surface area contributed by atoms with Gasteiger partial charge < -0.3 is 15.6 Å². The lowest BCUT2D eigenvalue weighted by Crippen LogP contribution is -2.30. The summed E-state index contributed by atoms with van der Waals surface area (Å²) in [6.45, 7) is 0. The zero-order valence-corrected chi connectivity index (χ0v) is 17.9. The molecular formula is C21H23ClF3NO3S. The lowest BCUT2D eigenvalue weighted by molar-refractivity contribution is -0.150. The van der Waals surface area contributed by atoms with Gasteiger partial charge in [0.2, 0.25) is 0 Å². The van der Waals surface area contributed by atoms with Crippen molar-refractivity contribution < 1.29 is 27.8 Å². The first-order valence-corrected chi connectivity index (χ1v) is 10.7. The highest BCUT2D eigenvalue weighted by atomic mass is 35.5. The van der Waals surface area contributed by atoms with Crippen LogP contribution in [-0.4, -0.2) is 41.9 Å². The third kappa shape index (κ3) is 6.82. The summed E-state index contributed by atoms with van der Waals surface area (Å²) in [6.07, 6.45) is -4.26. The van der Waals surface area contributed by atoms with Crippen molar-refractivity contribution in [2.75, 3.05) is 18.6 Å². The van der Waals surface area contributed by atoms with E-state index < -0.39 is 24.1 Å².